The Labute approximate surface area is 175 Å². The highest BCUT2D eigenvalue weighted by Gasteiger charge is 2.37. The molecule has 0 N–H and O–H groups in total. The molecule has 154 valence electrons. The molecular weight excluding hydrogens is 378 g/mol. The van der Waals surface area contributed by atoms with Crippen molar-refractivity contribution in [1.82, 2.24) is 19.5 Å². The minimum atomic E-state index is -0.191. The van der Waals surface area contributed by atoms with Crippen molar-refractivity contribution >= 4 is 23.1 Å². The highest BCUT2D eigenvalue weighted by Crippen LogP contribution is 2.35. The topological polar surface area (TPSA) is 70.8 Å². The second-order valence-electron chi connectivity index (χ2n) is 8.60. The van der Waals surface area contributed by atoms with E-state index in [-0.39, 0.29) is 17.2 Å². The molecule has 1 aromatic carbocycles. The first-order chi connectivity index (χ1) is 14.5. The van der Waals surface area contributed by atoms with Crippen LogP contribution in [0.1, 0.15) is 48.3 Å². The van der Waals surface area contributed by atoms with Gasteiger partial charge in [0.25, 0.3) is 5.91 Å². The predicted molar refractivity (Wildman–Crippen MR) is 114 cm³/mol. The van der Waals surface area contributed by atoms with E-state index in [0.717, 1.165) is 48.4 Å². The third kappa shape index (κ3) is 2.96. The van der Waals surface area contributed by atoms with Gasteiger partial charge < -0.3 is 9.80 Å². The fraction of sp³-hybridized carbons (Fsp3) is 0.391. The number of benzene rings is 1. The van der Waals surface area contributed by atoms with Crippen LogP contribution in [-0.4, -0.2) is 50.9 Å². The van der Waals surface area contributed by atoms with Crippen LogP contribution in [0.2, 0.25) is 0 Å². The van der Waals surface area contributed by atoms with Crippen molar-refractivity contribution in [3.05, 3.63) is 59.5 Å². The molecule has 1 unspecified atom stereocenters. The number of carbonyl (C=O) groups excluding carboxylic acids is 2. The van der Waals surface area contributed by atoms with E-state index < -0.39 is 0 Å². The zero-order valence-electron chi connectivity index (χ0n) is 17.3. The molecule has 0 aliphatic carbocycles. The molecule has 2 aromatic heterocycles. The van der Waals surface area contributed by atoms with E-state index >= 15 is 0 Å². The summed E-state index contributed by atoms with van der Waals surface area (Å²) in [6, 6.07) is 11.8. The summed E-state index contributed by atoms with van der Waals surface area (Å²) in [4.78, 5) is 33.2. The third-order valence-corrected chi connectivity index (χ3v) is 6.51. The first kappa shape index (κ1) is 18.8. The summed E-state index contributed by atoms with van der Waals surface area (Å²) in [5.74, 6) is 0.0951. The van der Waals surface area contributed by atoms with Gasteiger partial charge in [0.15, 0.2) is 5.65 Å². The number of piperidine rings is 1. The fourth-order valence-corrected chi connectivity index (χ4v) is 4.97. The molecule has 2 aliphatic rings. The maximum atomic E-state index is 13.4. The van der Waals surface area contributed by atoms with E-state index in [1.165, 1.54) is 0 Å². The molecule has 4 heterocycles. The zero-order valence-corrected chi connectivity index (χ0v) is 17.3. The standard InChI is InChI=1S/C23H25N5O2/c1-16(29)27-12-9-17-13-18(7-8-19(17)27)22(30)26-11-4-10-23(2,14-26)20-5-3-6-21-24-15-25-28(20)21/h3,5-8,13,15H,4,9-12,14H2,1-2H3. The van der Waals surface area contributed by atoms with Crippen molar-refractivity contribution in [2.24, 2.45) is 0 Å². The number of anilines is 1. The Morgan fingerprint density at radius 3 is 2.83 bits per heavy atom. The van der Waals surface area contributed by atoms with Crippen molar-refractivity contribution in [3.63, 3.8) is 0 Å². The quantitative estimate of drug-likeness (QED) is 0.660. The van der Waals surface area contributed by atoms with Crippen LogP contribution in [0.15, 0.2) is 42.7 Å². The van der Waals surface area contributed by atoms with Crippen LogP contribution in [0.4, 0.5) is 5.69 Å². The second kappa shape index (κ2) is 6.93. The Bertz CT molecular complexity index is 1150. The first-order valence-corrected chi connectivity index (χ1v) is 10.5. The Kier molecular flexibility index (Phi) is 4.34. The molecular formula is C23H25N5O2. The number of pyridine rings is 1. The summed E-state index contributed by atoms with van der Waals surface area (Å²) in [7, 11) is 0. The lowest BCUT2D eigenvalue weighted by atomic mass is 9.78. The maximum Gasteiger partial charge on any atom is 0.253 e. The van der Waals surface area contributed by atoms with Crippen LogP contribution in [0.25, 0.3) is 5.65 Å². The Balaban J connectivity index is 1.42. The Morgan fingerprint density at radius 1 is 1.13 bits per heavy atom. The molecule has 0 bridgehead atoms. The average Bonchev–Trinajstić information content (AvgIpc) is 3.39. The third-order valence-electron chi connectivity index (χ3n) is 6.51. The molecule has 0 spiro atoms. The minimum Gasteiger partial charge on any atom is -0.338 e. The number of nitrogens with zero attached hydrogens (tertiary/aromatic N) is 5. The molecule has 2 aliphatic heterocycles. The molecule has 0 radical (unpaired) electrons. The highest BCUT2D eigenvalue weighted by molar-refractivity contribution is 5.98. The van der Waals surface area contributed by atoms with E-state index in [0.29, 0.717) is 18.7 Å². The summed E-state index contributed by atoms with van der Waals surface area (Å²) >= 11 is 0. The lowest BCUT2D eigenvalue weighted by molar-refractivity contribution is -0.116. The second-order valence-corrected chi connectivity index (χ2v) is 8.60. The number of hydrogen-bond donors (Lipinski definition) is 0. The van der Waals surface area contributed by atoms with E-state index in [4.69, 9.17) is 0 Å². The largest absolute Gasteiger partial charge is 0.338 e. The van der Waals surface area contributed by atoms with Gasteiger partial charge in [-0.2, -0.15) is 5.10 Å². The van der Waals surface area contributed by atoms with Gasteiger partial charge in [-0.1, -0.05) is 13.0 Å². The van der Waals surface area contributed by atoms with Gasteiger partial charge in [0.05, 0.1) is 5.69 Å². The van der Waals surface area contributed by atoms with Gasteiger partial charge in [-0.15, -0.1) is 0 Å². The number of aromatic nitrogens is 3. The molecule has 1 fully saturated rings. The molecule has 7 nitrogen and oxygen atoms in total. The van der Waals surface area contributed by atoms with Crippen LogP contribution in [-0.2, 0) is 16.6 Å². The fourth-order valence-electron chi connectivity index (χ4n) is 4.97. The Hall–Kier alpha value is -3.22. The van der Waals surface area contributed by atoms with E-state index in [1.54, 1.807) is 18.2 Å². The molecule has 1 atom stereocenters. The normalized spacial score (nSPS) is 21.1. The van der Waals surface area contributed by atoms with Gasteiger partial charge in [0, 0.05) is 43.2 Å². The number of amides is 2. The molecule has 1 saturated heterocycles. The smallest absolute Gasteiger partial charge is 0.253 e. The minimum absolute atomic E-state index is 0.0434. The van der Waals surface area contributed by atoms with Crippen molar-refractivity contribution in [3.8, 4) is 0 Å². The summed E-state index contributed by atoms with van der Waals surface area (Å²) in [6.45, 7) is 5.86. The number of fused-ring (bicyclic) bond motifs is 2. The first-order valence-electron chi connectivity index (χ1n) is 10.5. The summed E-state index contributed by atoms with van der Waals surface area (Å²) in [5.41, 5.74) is 4.42. The number of carbonyl (C=O) groups is 2. The maximum absolute atomic E-state index is 13.4. The summed E-state index contributed by atoms with van der Waals surface area (Å²) < 4.78 is 1.89. The van der Waals surface area contributed by atoms with Gasteiger partial charge in [-0.25, -0.2) is 9.50 Å². The van der Waals surface area contributed by atoms with Crippen molar-refractivity contribution < 1.29 is 9.59 Å². The molecule has 30 heavy (non-hydrogen) atoms. The lowest BCUT2D eigenvalue weighted by Gasteiger charge is -2.40. The van der Waals surface area contributed by atoms with Crippen molar-refractivity contribution in [2.75, 3.05) is 24.5 Å². The summed E-state index contributed by atoms with van der Waals surface area (Å²) in [5, 5.41) is 4.40. The lowest BCUT2D eigenvalue weighted by Crippen LogP contribution is -2.47. The molecule has 7 heteroatoms. The van der Waals surface area contributed by atoms with Crippen LogP contribution in [0.5, 0.6) is 0 Å². The van der Waals surface area contributed by atoms with Crippen LogP contribution >= 0.6 is 0 Å². The van der Waals surface area contributed by atoms with Gasteiger partial charge in [0.2, 0.25) is 5.91 Å². The van der Waals surface area contributed by atoms with Gasteiger partial charge in [-0.3, -0.25) is 9.59 Å². The highest BCUT2D eigenvalue weighted by atomic mass is 16.2. The summed E-state index contributed by atoms with van der Waals surface area (Å²) in [6.07, 6.45) is 4.30. The van der Waals surface area contributed by atoms with Crippen molar-refractivity contribution in [2.45, 2.75) is 38.5 Å². The van der Waals surface area contributed by atoms with E-state index in [2.05, 4.69) is 23.1 Å². The van der Waals surface area contributed by atoms with Crippen molar-refractivity contribution in [1.29, 1.82) is 0 Å². The number of likely N-dealkylation sites (tertiary alicyclic amines) is 1. The van der Waals surface area contributed by atoms with E-state index in [1.807, 2.05) is 39.7 Å². The van der Waals surface area contributed by atoms with Crippen LogP contribution in [0.3, 0.4) is 0 Å². The molecule has 0 saturated carbocycles. The van der Waals surface area contributed by atoms with Gasteiger partial charge in [0.1, 0.15) is 6.33 Å². The monoisotopic (exact) mass is 403 g/mol. The molecule has 5 rings (SSSR count). The SMILES string of the molecule is CC(=O)N1CCc2cc(C(=O)N3CCCC(C)(c4cccc5ncnn45)C3)ccc21. The van der Waals surface area contributed by atoms with Gasteiger partial charge in [-0.05, 0) is 55.2 Å². The number of hydrogen-bond acceptors (Lipinski definition) is 4. The van der Waals surface area contributed by atoms with Crippen LogP contribution in [0, 0.1) is 0 Å². The predicted octanol–water partition coefficient (Wildman–Crippen LogP) is 2.83. The zero-order chi connectivity index (χ0) is 20.9. The number of rotatable bonds is 2. The van der Waals surface area contributed by atoms with Crippen LogP contribution < -0.4 is 4.90 Å². The molecule has 3 aromatic rings. The van der Waals surface area contributed by atoms with E-state index in [9.17, 15) is 9.59 Å². The molecule has 2 amide bonds. The Morgan fingerprint density at radius 2 is 2.00 bits per heavy atom. The average molecular weight is 403 g/mol. The van der Waals surface area contributed by atoms with Gasteiger partial charge >= 0.3 is 0 Å².